The van der Waals surface area contributed by atoms with E-state index in [2.05, 4.69) is 5.16 Å². The van der Waals surface area contributed by atoms with Gasteiger partial charge in [0.05, 0.1) is 23.7 Å². The van der Waals surface area contributed by atoms with Crippen LogP contribution in [0.4, 0.5) is 5.69 Å². The summed E-state index contributed by atoms with van der Waals surface area (Å²) in [6, 6.07) is 6.06. The number of ether oxygens (including phenoxy) is 1. The highest BCUT2D eigenvalue weighted by Crippen LogP contribution is 2.35. The monoisotopic (exact) mass is 250 g/mol. The van der Waals surface area contributed by atoms with E-state index in [1.165, 1.54) is 12.1 Å². The molecule has 1 fully saturated rings. The van der Waals surface area contributed by atoms with Crippen molar-refractivity contribution in [2.45, 2.75) is 18.3 Å². The molecule has 1 aromatic carbocycles. The van der Waals surface area contributed by atoms with E-state index in [4.69, 9.17) is 9.57 Å². The van der Waals surface area contributed by atoms with Gasteiger partial charge >= 0.3 is 0 Å². The molecule has 0 aromatic heterocycles. The van der Waals surface area contributed by atoms with E-state index in [1.54, 1.807) is 12.1 Å². The first-order chi connectivity index (χ1) is 8.58. The number of nitrogens with zero attached hydrogens (tertiary/aromatic N) is 2. The Hall–Kier alpha value is -1.99. The van der Waals surface area contributed by atoms with Crippen LogP contribution in [0.15, 0.2) is 29.4 Å². The minimum Gasteiger partial charge on any atom is -0.366 e. The van der Waals surface area contributed by atoms with Crippen molar-refractivity contribution in [3.05, 3.63) is 39.9 Å². The minimum absolute atomic E-state index is 0.0201. The van der Waals surface area contributed by atoms with Crippen LogP contribution in [0, 0.1) is 10.1 Å². The number of nitro groups is 1. The van der Waals surface area contributed by atoms with Crippen molar-refractivity contribution in [2.75, 3.05) is 6.61 Å². The van der Waals surface area contributed by atoms with Crippen molar-refractivity contribution in [3.63, 3.8) is 0 Å². The Balaban J connectivity index is 1.84. The fourth-order valence-electron chi connectivity index (χ4n) is 1.87. The Morgan fingerprint density at radius 3 is 3.00 bits per heavy atom. The molecule has 2 heterocycles. The second kappa shape index (κ2) is 3.76. The normalized spacial score (nSPS) is 29.6. The lowest BCUT2D eigenvalue weighted by Crippen LogP contribution is -2.35. The van der Waals surface area contributed by atoms with E-state index in [0.29, 0.717) is 17.9 Å². The molecule has 7 heteroatoms. The molecule has 1 unspecified atom stereocenters. The minimum atomic E-state index is -1.43. The highest BCUT2D eigenvalue weighted by Gasteiger charge is 2.52. The number of rotatable bonds is 3. The van der Waals surface area contributed by atoms with Gasteiger partial charge in [-0.3, -0.25) is 10.1 Å². The van der Waals surface area contributed by atoms with Gasteiger partial charge in [-0.1, -0.05) is 17.3 Å². The standard InChI is InChI=1S/C11H10N2O5/c14-11(10-6-17-10)5-9(12-18-11)7-2-1-3-8(4-7)13(15)16/h1-4,10,14H,5-6H2/t10?,11-/m0/s1. The van der Waals surface area contributed by atoms with E-state index < -0.39 is 10.7 Å². The van der Waals surface area contributed by atoms with Gasteiger partial charge in [-0.15, -0.1) is 0 Å². The maximum atomic E-state index is 10.7. The molecule has 1 saturated heterocycles. The van der Waals surface area contributed by atoms with Crippen LogP contribution in [0.3, 0.4) is 0 Å². The number of oxime groups is 1. The van der Waals surface area contributed by atoms with Gasteiger partial charge in [0, 0.05) is 17.7 Å². The molecule has 3 rings (SSSR count). The van der Waals surface area contributed by atoms with Crippen LogP contribution >= 0.6 is 0 Å². The molecule has 2 atom stereocenters. The first-order valence-corrected chi connectivity index (χ1v) is 5.42. The molecule has 94 valence electrons. The Morgan fingerprint density at radius 2 is 2.33 bits per heavy atom. The van der Waals surface area contributed by atoms with Crippen LogP contribution in [0.25, 0.3) is 0 Å². The van der Waals surface area contributed by atoms with Crippen molar-refractivity contribution in [3.8, 4) is 0 Å². The molecule has 0 spiro atoms. The van der Waals surface area contributed by atoms with E-state index >= 15 is 0 Å². The third kappa shape index (κ3) is 1.83. The second-order valence-electron chi connectivity index (χ2n) is 4.28. The zero-order valence-corrected chi connectivity index (χ0v) is 9.28. The van der Waals surface area contributed by atoms with Gasteiger partial charge in [0.15, 0.2) is 0 Å². The summed E-state index contributed by atoms with van der Waals surface area (Å²) < 4.78 is 4.99. The van der Waals surface area contributed by atoms with Crippen molar-refractivity contribution in [1.82, 2.24) is 0 Å². The predicted octanol–water partition coefficient (Wildman–Crippen LogP) is 0.807. The largest absolute Gasteiger partial charge is 0.366 e. The van der Waals surface area contributed by atoms with E-state index in [-0.39, 0.29) is 18.2 Å². The summed E-state index contributed by atoms with van der Waals surface area (Å²) in [5.41, 5.74) is 1.03. The SMILES string of the molecule is O=[N+]([O-])c1cccc(C2=NO[C@](O)(C3CO3)C2)c1. The lowest BCUT2D eigenvalue weighted by Gasteiger charge is -2.16. The number of non-ortho nitro benzene ring substituents is 1. The maximum Gasteiger partial charge on any atom is 0.270 e. The first kappa shape index (κ1) is 11.1. The summed E-state index contributed by atoms with van der Waals surface area (Å²) in [5.74, 6) is -1.43. The molecule has 0 amide bonds. The number of epoxide rings is 1. The van der Waals surface area contributed by atoms with E-state index in [1.807, 2.05) is 0 Å². The topological polar surface area (TPSA) is 97.5 Å². The summed E-state index contributed by atoms with van der Waals surface area (Å²) in [6.45, 7) is 0.439. The number of benzene rings is 1. The van der Waals surface area contributed by atoms with Crippen molar-refractivity contribution < 1.29 is 19.6 Å². The van der Waals surface area contributed by atoms with Gasteiger partial charge < -0.3 is 14.7 Å². The molecule has 1 aromatic rings. The van der Waals surface area contributed by atoms with Crippen LogP contribution < -0.4 is 0 Å². The van der Waals surface area contributed by atoms with Gasteiger partial charge in [-0.25, -0.2) is 0 Å². The third-order valence-corrected chi connectivity index (χ3v) is 2.96. The van der Waals surface area contributed by atoms with E-state index in [0.717, 1.165) is 0 Å². The summed E-state index contributed by atoms with van der Waals surface area (Å²) in [5, 5.41) is 24.5. The fraction of sp³-hybridized carbons (Fsp3) is 0.364. The second-order valence-corrected chi connectivity index (χ2v) is 4.28. The van der Waals surface area contributed by atoms with Crippen LogP contribution in [0.1, 0.15) is 12.0 Å². The highest BCUT2D eigenvalue weighted by molar-refractivity contribution is 6.02. The molecule has 18 heavy (non-hydrogen) atoms. The lowest BCUT2D eigenvalue weighted by molar-refractivity contribution is -0.384. The van der Waals surface area contributed by atoms with Gasteiger partial charge in [0.1, 0.15) is 6.10 Å². The summed E-state index contributed by atoms with van der Waals surface area (Å²) >= 11 is 0. The van der Waals surface area contributed by atoms with Crippen molar-refractivity contribution in [2.24, 2.45) is 5.16 Å². The molecule has 0 bridgehead atoms. The first-order valence-electron chi connectivity index (χ1n) is 5.42. The average Bonchev–Trinajstić information content (AvgIpc) is 3.14. The molecule has 1 N–H and O–H groups in total. The Kier molecular flexibility index (Phi) is 2.32. The Morgan fingerprint density at radius 1 is 1.56 bits per heavy atom. The molecule has 0 radical (unpaired) electrons. The van der Waals surface area contributed by atoms with Crippen molar-refractivity contribution >= 4 is 11.4 Å². The highest BCUT2D eigenvalue weighted by atomic mass is 16.8. The lowest BCUT2D eigenvalue weighted by atomic mass is 10.0. The van der Waals surface area contributed by atoms with Crippen LogP contribution in [-0.4, -0.2) is 34.2 Å². The summed E-state index contributed by atoms with van der Waals surface area (Å²) in [6.07, 6.45) is -0.198. The van der Waals surface area contributed by atoms with Gasteiger partial charge in [0.2, 0.25) is 0 Å². The fourth-order valence-corrected chi connectivity index (χ4v) is 1.87. The van der Waals surface area contributed by atoms with Gasteiger partial charge in [-0.05, 0) is 0 Å². The van der Waals surface area contributed by atoms with Crippen LogP contribution in [-0.2, 0) is 9.57 Å². The molecule has 2 aliphatic heterocycles. The Labute approximate surface area is 102 Å². The van der Waals surface area contributed by atoms with Gasteiger partial charge in [0.25, 0.3) is 11.5 Å². The zero-order chi connectivity index (χ0) is 12.8. The molecule has 2 aliphatic rings. The Bertz CT molecular complexity index is 540. The molecule has 0 saturated carbocycles. The molecular weight excluding hydrogens is 240 g/mol. The third-order valence-electron chi connectivity index (χ3n) is 2.96. The summed E-state index contributed by atoms with van der Waals surface area (Å²) in [4.78, 5) is 15.2. The summed E-state index contributed by atoms with van der Waals surface area (Å²) in [7, 11) is 0. The van der Waals surface area contributed by atoms with Gasteiger partial charge in [-0.2, -0.15) is 0 Å². The zero-order valence-electron chi connectivity index (χ0n) is 9.28. The number of hydrogen-bond donors (Lipinski definition) is 1. The number of hydrogen-bond acceptors (Lipinski definition) is 6. The number of nitro benzene ring substituents is 1. The smallest absolute Gasteiger partial charge is 0.270 e. The maximum absolute atomic E-state index is 10.7. The van der Waals surface area contributed by atoms with Crippen LogP contribution in [0.2, 0.25) is 0 Å². The molecule has 0 aliphatic carbocycles. The predicted molar refractivity (Wildman–Crippen MR) is 60.0 cm³/mol. The quantitative estimate of drug-likeness (QED) is 0.486. The van der Waals surface area contributed by atoms with Crippen LogP contribution in [0.5, 0.6) is 0 Å². The number of aliphatic hydroxyl groups is 1. The van der Waals surface area contributed by atoms with E-state index in [9.17, 15) is 15.2 Å². The molecular formula is C11H10N2O5. The average molecular weight is 250 g/mol. The molecule has 7 nitrogen and oxygen atoms in total. The van der Waals surface area contributed by atoms with Crippen molar-refractivity contribution in [1.29, 1.82) is 0 Å².